The highest BCUT2D eigenvalue weighted by molar-refractivity contribution is 5.39. The minimum atomic E-state index is -0.325. The monoisotopic (exact) mass is 225 g/mol. The van der Waals surface area contributed by atoms with Gasteiger partial charge in [0.1, 0.15) is 17.3 Å². The van der Waals surface area contributed by atoms with Crippen molar-refractivity contribution >= 4 is 0 Å². The van der Waals surface area contributed by atoms with Gasteiger partial charge in [0.15, 0.2) is 0 Å². The van der Waals surface area contributed by atoms with Crippen LogP contribution in [-0.2, 0) is 0 Å². The molecule has 0 N–H and O–H groups in total. The van der Waals surface area contributed by atoms with Gasteiger partial charge in [-0.05, 0) is 29.8 Å². The van der Waals surface area contributed by atoms with Crippen LogP contribution in [-0.4, -0.2) is 0 Å². The van der Waals surface area contributed by atoms with E-state index in [2.05, 4.69) is 5.92 Å². The van der Waals surface area contributed by atoms with Crippen LogP contribution in [0.1, 0.15) is 5.56 Å². The van der Waals surface area contributed by atoms with Crippen LogP contribution in [0.25, 0.3) is 0 Å². The van der Waals surface area contributed by atoms with Crippen molar-refractivity contribution < 1.29 is 9.13 Å². The first-order valence-electron chi connectivity index (χ1n) is 5.11. The number of hydrogen-bond donors (Lipinski definition) is 0. The summed E-state index contributed by atoms with van der Waals surface area (Å²) in [5.74, 6) is 3.20. The Hall–Kier alpha value is -2.27. The van der Waals surface area contributed by atoms with Crippen molar-refractivity contribution in [1.29, 1.82) is 0 Å². The molecule has 0 atom stereocenters. The Morgan fingerprint density at radius 3 is 2.47 bits per heavy atom. The topological polar surface area (TPSA) is 9.23 Å². The van der Waals surface area contributed by atoms with E-state index in [1.54, 1.807) is 30.7 Å². The largest absolute Gasteiger partial charge is 0.457 e. The molecule has 0 bridgehead atoms. The molecule has 0 unspecified atom stereocenters. The first-order chi connectivity index (χ1) is 8.28. The Balaban J connectivity index is 2.19. The van der Waals surface area contributed by atoms with Gasteiger partial charge >= 0.3 is 0 Å². The summed E-state index contributed by atoms with van der Waals surface area (Å²) in [5, 5.41) is 0. The van der Waals surface area contributed by atoms with Gasteiger partial charge in [0, 0.05) is 6.07 Å². The maximum absolute atomic E-state index is 13.0. The van der Waals surface area contributed by atoms with Gasteiger partial charge in [0.25, 0.3) is 0 Å². The second-order valence-corrected chi connectivity index (χ2v) is 3.44. The quantitative estimate of drug-likeness (QED) is 0.722. The summed E-state index contributed by atoms with van der Waals surface area (Å²) in [7, 11) is 0. The van der Waals surface area contributed by atoms with E-state index in [1.165, 1.54) is 12.1 Å². The molecule has 0 aliphatic heterocycles. The highest BCUT2D eigenvalue weighted by Gasteiger charge is 2.00. The molecule has 0 fully saturated rings. The molecule has 83 valence electrons. The zero-order valence-corrected chi connectivity index (χ0v) is 9.06. The third-order valence-corrected chi connectivity index (χ3v) is 2.14. The van der Waals surface area contributed by atoms with Crippen LogP contribution in [0.3, 0.4) is 0 Å². The number of terminal acetylenes is 1. The van der Waals surface area contributed by atoms with Gasteiger partial charge in [-0.1, -0.05) is 24.1 Å². The molecular formula is C15H10FO. The molecule has 0 amide bonds. The van der Waals surface area contributed by atoms with Crippen molar-refractivity contribution in [3.05, 3.63) is 66.3 Å². The Kier molecular flexibility index (Phi) is 3.42. The normalized spacial score (nSPS) is 9.65. The summed E-state index contributed by atoms with van der Waals surface area (Å²) >= 11 is 0. The second-order valence-electron chi connectivity index (χ2n) is 3.44. The molecule has 1 radical (unpaired) electrons. The van der Waals surface area contributed by atoms with Crippen LogP contribution >= 0.6 is 0 Å². The zero-order valence-electron chi connectivity index (χ0n) is 9.06. The van der Waals surface area contributed by atoms with E-state index < -0.39 is 0 Å². The lowest BCUT2D eigenvalue weighted by molar-refractivity contribution is 0.476. The molecule has 0 heterocycles. The highest BCUT2D eigenvalue weighted by atomic mass is 19.1. The van der Waals surface area contributed by atoms with E-state index in [4.69, 9.17) is 11.2 Å². The van der Waals surface area contributed by atoms with Crippen molar-refractivity contribution in [2.45, 2.75) is 0 Å². The van der Waals surface area contributed by atoms with Crippen molar-refractivity contribution in [2.24, 2.45) is 0 Å². The molecule has 2 rings (SSSR count). The molecule has 2 aromatic carbocycles. The molecule has 0 aliphatic carbocycles. The minimum absolute atomic E-state index is 0.325. The molecule has 0 aromatic heterocycles. The number of halogens is 1. The van der Waals surface area contributed by atoms with Crippen LogP contribution in [0.4, 0.5) is 4.39 Å². The van der Waals surface area contributed by atoms with Gasteiger partial charge in [-0.3, -0.25) is 0 Å². The summed E-state index contributed by atoms with van der Waals surface area (Å²) < 4.78 is 18.5. The summed E-state index contributed by atoms with van der Waals surface area (Å²) in [6.45, 7) is 0. The Morgan fingerprint density at radius 1 is 1.06 bits per heavy atom. The van der Waals surface area contributed by atoms with Gasteiger partial charge in [0.05, 0.1) is 6.42 Å². The standard InChI is InChI=1S/C15H10FO/c1-2-5-12-6-3-8-14(10-12)17-15-9-4-7-13(16)11-15/h1,3-11H. The van der Waals surface area contributed by atoms with E-state index in [1.807, 2.05) is 12.1 Å². The van der Waals surface area contributed by atoms with Crippen LogP contribution in [0.15, 0.2) is 48.5 Å². The molecule has 0 saturated carbocycles. The third-order valence-electron chi connectivity index (χ3n) is 2.14. The predicted octanol–water partition coefficient (Wildman–Crippen LogP) is 3.80. The van der Waals surface area contributed by atoms with Crippen LogP contribution < -0.4 is 4.74 Å². The minimum Gasteiger partial charge on any atom is -0.457 e. The molecule has 0 saturated heterocycles. The van der Waals surface area contributed by atoms with Crippen LogP contribution in [0.5, 0.6) is 11.5 Å². The van der Waals surface area contributed by atoms with E-state index in [0.717, 1.165) is 5.56 Å². The lowest BCUT2D eigenvalue weighted by Gasteiger charge is -2.06. The average Bonchev–Trinajstić information content (AvgIpc) is 2.30. The van der Waals surface area contributed by atoms with Crippen molar-refractivity contribution in [3.63, 3.8) is 0 Å². The van der Waals surface area contributed by atoms with Crippen LogP contribution in [0, 0.1) is 24.6 Å². The van der Waals surface area contributed by atoms with E-state index in [9.17, 15) is 4.39 Å². The molecule has 17 heavy (non-hydrogen) atoms. The fourth-order valence-electron chi connectivity index (χ4n) is 1.43. The SMILES string of the molecule is C#C[CH]c1cccc(Oc2cccc(F)c2)c1. The zero-order chi connectivity index (χ0) is 12.1. The average molecular weight is 225 g/mol. The Labute approximate surface area is 99.9 Å². The second kappa shape index (κ2) is 5.18. The molecule has 2 aromatic rings. The van der Waals surface area contributed by atoms with Gasteiger partial charge < -0.3 is 4.74 Å². The van der Waals surface area contributed by atoms with Gasteiger partial charge in [-0.15, -0.1) is 6.42 Å². The van der Waals surface area contributed by atoms with E-state index >= 15 is 0 Å². The first kappa shape index (κ1) is 11.2. The summed E-state index contributed by atoms with van der Waals surface area (Å²) in [6, 6.07) is 13.3. The lowest BCUT2D eigenvalue weighted by atomic mass is 10.1. The molecule has 2 heteroatoms. The molecule has 0 spiro atoms. The molecule has 1 nitrogen and oxygen atoms in total. The van der Waals surface area contributed by atoms with E-state index in [-0.39, 0.29) is 5.82 Å². The fraction of sp³-hybridized carbons (Fsp3) is 0. The molecular weight excluding hydrogens is 215 g/mol. The predicted molar refractivity (Wildman–Crippen MR) is 65.2 cm³/mol. The van der Waals surface area contributed by atoms with Crippen LogP contribution in [0.2, 0.25) is 0 Å². The first-order valence-corrected chi connectivity index (χ1v) is 5.11. The van der Waals surface area contributed by atoms with E-state index in [0.29, 0.717) is 11.5 Å². The van der Waals surface area contributed by atoms with Crippen molar-refractivity contribution in [1.82, 2.24) is 0 Å². The Bertz CT molecular complexity index is 555. The number of hydrogen-bond acceptors (Lipinski definition) is 1. The highest BCUT2D eigenvalue weighted by Crippen LogP contribution is 2.23. The smallest absolute Gasteiger partial charge is 0.130 e. The lowest BCUT2D eigenvalue weighted by Crippen LogP contribution is -1.86. The summed E-state index contributed by atoms with van der Waals surface area (Å²) in [4.78, 5) is 0. The molecule has 0 aliphatic rings. The fourth-order valence-corrected chi connectivity index (χ4v) is 1.43. The number of ether oxygens (including phenoxy) is 1. The maximum Gasteiger partial charge on any atom is 0.130 e. The number of rotatable bonds is 3. The van der Waals surface area contributed by atoms with Gasteiger partial charge in [-0.2, -0.15) is 0 Å². The summed E-state index contributed by atoms with van der Waals surface area (Å²) in [6.07, 6.45) is 6.82. The Morgan fingerprint density at radius 2 is 1.76 bits per heavy atom. The third kappa shape index (κ3) is 3.09. The maximum atomic E-state index is 13.0. The van der Waals surface area contributed by atoms with Crippen molar-refractivity contribution in [2.75, 3.05) is 0 Å². The van der Waals surface area contributed by atoms with Crippen molar-refractivity contribution in [3.8, 4) is 23.8 Å². The summed E-state index contributed by atoms with van der Waals surface area (Å²) in [5.41, 5.74) is 0.876. The van der Waals surface area contributed by atoms with Gasteiger partial charge in [0.2, 0.25) is 0 Å². The number of benzene rings is 2. The van der Waals surface area contributed by atoms with Gasteiger partial charge in [-0.25, -0.2) is 4.39 Å².